The summed E-state index contributed by atoms with van der Waals surface area (Å²) in [5, 5.41) is 3.60. The molecule has 3 rings (SSSR count). The molecule has 2 aliphatic rings. The summed E-state index contributed by atoms with van der Waals surface area (Å²) < 4.78 is 2.08. The average Bonchev–Trinajstić information content (AvgIpc) is 3.15. The molecule has 1 heterocycles. The minimum atomic E-state index is 0.259. The maximum atomic E-state index is 12.8. The Morgan fingerprint density at radius 2 is 2.05 bits per heavy atom. The summed E-state index contributed by atoms with van der Waals surface area (Å²) in [6.45, 7) is 3.84. The Morgan fingerprint density at radius 3 is 2.81 bits per heavy atom. The highest BCUT2D eigenvalue weighted by Gasteiger charge is 2.20. The lowest BCUT2D eigenvalue weighted by Gasteiger charge is -2.16. The number of pyridine rings is 1. The van der Waals surface area contributed by atoms with Crippen LogP contribution in [0, 0.1) is 0 Å². The molecule has 116 valence electrons. The van der Waals surface area contributed by atoms with Crippen molar-refractivity contribution in [2.45, 2.75) is 83.8 Å². The third-order valence-corrected chi connectivity index (χ3v) is 5.10. The number of aromatic nitrogens is 1. The Bertz CT molecular complexity index is 541. The van der Waals surface area contributed by atoms with Crippen LogP contribution in [0.2, 0.25) is 0 Å². The van der Waals surface area contributed by atoms with Crippen molar-refractivity contribution >= 4 is 0 Å². The van der Waals surface area contributed by atoms with Crippen LogP contribution >= 0.6 is 0 Å². The van der Waals surface area contributed by atoms with Gasteiger partial charge in [0.1, 0.15) is 0 Å². The summed E-state index contributed by atoms with van der Waals surface area (Å²) in [5.41, 5.74) is 3.99. The van der Waals surface area contributed by atoms with Gasteiger partial charge in [-0.25, -0.2) is 0 Å². The lowest BCUT2D eigenvalue weighted by atomic mass is 10.1. The van der Waals surface area contributed by atoms with E-state index in [1.165, 1.54) is 43.4 Å². The zero-order chi connectivity index (χ0) is 14.7. The summed E-state index contributed by atoms with van der Waals surface area (Å²) in [5.74, 6) is 0. The number of rotatable bonds is 6. The van der Waals surface area contributed by atoms with Crippen molar-refractivity contribution in [3.63, 3.8) is 0 Å². The molecule has 0 amide bonds. The Morgan fingerprint density at radius 1 is 1.24 bits per heavy atom. The Balaban J connectivity index is 1.80. The van der Waals surface area contributed by atoms with Gasteiger partial charge >= 0.3 is 0 Å². The lowest BCUT2D eigenvalue weighted by molar-refractivity contribution is 0.515. The molecule has 1 aromatic heterocycles. The van der Waals surface area contributed by atoms with E-state index in [4.69, 9.17) is 0 Å². The quantitative estimate of drug-likeness (QED) is 0.872. The minimum Gasteiger partial charge on any atom is -0.312 e. The molecular weight excluding hydrogens is 260 g/mol. The predicted octanol–water partition coefficient (Wildman–Crippen LogP) is 3.17. The van der Waals surface area contributed by atoms with E-state index < -0.39 is 0 Å². The highest BCUT2D eigenvalue weighted by molar-refractivity contribution is 5.30. The molecule has 2 aliphatic carbocycles. The molecule has 3 heteroatoms. The summed E-state index contributed by atoms with van der Waals surface area (Å²) in [6.07, 6.45) is 10.9. The highest BCUT2D eigenvalue weighted by Crippen LogP contribution is 2.22. The third-order valence-electron chi connectivity index (χ3n) is 5.10. The topological polar surface area (TPSA) is 34.0 Å². The van der Waals surface area contributed by atoms with Crippen LogP contribution < -0.4 is 10.9 Å². The van der Waals surface area contributed by atoms with Gasteiger partial charge in [0.2, 0.25) is 0 Å². The number of nitrogens with zero attached hydrogens (tertiary/aromatic N) is 1. The van der Waals surface area contributed by atoms with Gasteiger partial charge in [-0.15, -0.1) is 0 Å². The molecule has 1 fully saturated rings. The Labute approximate surface area is 127 Å². The molecule has 21 heavy (non-hydrogen) atoms. The summed E-state index contributed by atoms with van der Waals surface area (Å²) in [4.78, 5) is 12.8. The molecule has 0 aliphatic heterocycles. The van der Waals surface area contributed by atoms with Gasteiger partial charge in [0.25, 0.3) is 5.56 Å². The van der Waals surface area contributed by atoms with Crippen LogP contribution in [0.5, 0.6) is 0 Å². The summed E-state index contributed by atoms with van der Waals surface area (Å²) >= 11 is 0. The molecule has 0 spiro atoms. The fourth-order valence-electron chi connectivity index (χ4n) is 3.85. The second kappa shape index (κ2) is 6.78. The molecule has 1 saturated carbocycles. The van der Waals surface area contributed by atoms with Crippen molar-refractivity contribution in [2.24, 2.45) is 0 Å². The van der Waals surface area contributed by atoms with Crippen LogP contribution in [0.4, 0.5) is 0 Å². The fraction of sp³-hybridized carbons (Fsp3) is 0.722. The van der Waals surface area contributed by atoms with E-state index in [2.05, 4.69) is 22.9 Å². The van der Waals surface area contributed by atoms with Gasteiger partial charge < -0.3 is 9.88 Å². The van der Waals surface area contributed by atoms with Crippen LogP contribution in [-0.4, -0.2) is 10.6 Å². The zero-order valence-corrected chi connectivity index (χ0v) is 13.3. The molecule has 1 N–H and O–H groups in total. The zero-order valence-electron chi connectivity index (χ0n) is 13.3. The SMILES string of the molecule is CCCCn1c2c(cc(CNC3CCCC3)c1=O)CCC2. The number of unbranched alkanes of at least 4 members (excludes halogenated alkanes) is 1. The first-order valence-electron chi connectivity index (χ1n) is 8.77. The van der Waals surface area contributed by atoms with Crippen molar-refractivity contribution in [2.75, 3.05) is 0 Å². The molecular formula is C18H28N2O. The maximum absolute atomic E-state index is 12.8. The van der Waals surface area contributed by atoms with Gasteiger partial charge in [-0.2, -0.15) is 0 Å². The molecule has 0 atom stereocenters. The molecule has 0 bridgehead atoms. The first kappa shape index (κ1) is 14.8. The van der Waals surface area contributed by atoms with Crippen molar-refractivity contribution in [3.05, 3.63) is 33.2 Å². The van der Waals surface area contributed by atoms with Crippen LogP contribution in [0.25, 0.3) is 0 Å². The highest BCUT2D eigenvalue weighted by atomic mass is 16.1. The fourth-order valence-corrected chi connectivity index (χ4v) is 3.85. The van der Waals surface area contributed by atoms with E-state index in [0.29, 0.717) is 6.04 Å². The first-order chi connectivity index (χ1) is 10.3. The van der Waals surface area contributed by atoms with Gasteiger partial charge in [0, 0.05) is 30.4 Å². The van der Waals surface area contributed by atoms with Crippen LogP contribution in [0.1, 0.15) is 68.7 Å². The smallest absolute Gasteiger partial charge is 0.255 e. The maximum Gasteiger partial charge on any atom is 0.255 e. The van der Waals surface area contributed by atoms with Gasteiger partial charge in [-0.1, -0.05) is 26.2 Å². The van der Waals surface area contributed by atoms with Gasteiger partial charge in [-0.05, 0) is 50.2 Å². The number of hydrogen-bond donors (Lipinski definition) is 1. The Kier molecular flexibility index (Phi) is 4.79. The third kappa shape index (κ3) is 3.23. The van der Waals surface area contributed by atoms with E-state index in [-0.39, 0.29) is 5.56 Å². The predicted molar refractivity (Wildman–Crippen MR) is 86.7 cm³/mol. The van der Waals surface area contributed by atoms with Crippen LogP contribution in [0.3, 0.4) is 0 Å². The monoisotopic (exact) mass is 288 g/mol. The normalized spacial score (nSPS) is 18.3. The molecule has 1 aromatic rings. The van der Waals surface area contributed by atoms with Crippen LogP contribution in [0.15, 0.2) is 10.9 Å². The Hall–Kier alpha value is -1.09. The van der Waals surface area contributed by atoms with Gasteiger partial charge in [-0.3, -0.25) is 4.79 Å². The van der Waals surface area contributed by atoms with E-state index in [1.807, 2.05) is 0 Å². The van der Waals surface area contributed by atoms with Gasteiger partial charge in [0.15, 0.2) is 0 Å². The molecule has 0 saturated heterocycles. The van der Waals surface area contributed by atoms with Crippen molar-refractivity contribution in [1.29, 1.82) is 0 Å². The standard InChI is InChI=1S/C18H28N2O/c1-2-3-11-20-17-10-6-7-14(17)12-15(18(20)21)13-19-16-8-4-5-9-16/h12,16,19H,2-11,13H2,1H3. The van der Waals surface area contributed by atoms with Crippen molar-refractivity contribution in [3.8, 4) is 0 Å². The lowest BCUT2D eigenvalue weighted by Crippen LogP contribution is -2.32. The number of nitrogens with one attached hydrogen (secondary N) is 1. The summed E-state index contributed by atoms with van der Waals surface area (Å²) in [7, 11) is 0. The number of fused-ring (bicyclic) bond motifs is 1. The van der Waals surface area contributed by atoms with Gasteiger partial charge in [0.05, 0.1) is 0 Å². The van der Waals surface area contributed by atoms with E-state index in [0.717, 1.165) is 44.3 Å². The van der Waals surface area contributed by atoms with E-state index >= 15 is 0 Å². The first-order valence-corrected chi connectivity index (χ1v) is 8.77. The van der Waals surface area contributed by atoms with E-state index in [1.54, 1.807) is 0 Å². The number of aryl methyl sites for hydroxylation is 1. The van der Waals surface area contributed by atoms with Crippen molar-refractivity contribution in [1.82, 2.24) is 9.88 Å². The van der Waals surface area contributed by atoms with E-state index in [9.17, 15) is 4.79 Å². The second-order valence-corrected chi connectivity index (χ2v) is 6.67. The van der Waals surface area contributed by atoms with Crippen molar-refractivity contribution < 1.29 is 0 Å². The second-order valence-electron chi connectivity index (χ2n) is 6.67. The minimum absolute atomic E-state index is 0.259. The summed E-state index contributed by atoms with van der Waals surface area (Å²) in [6, 6.07) is 2.82. The molecule has 0 aromatic carbocycles. The largest absolute Gasteiger partial charge is 0.312 e. The number of hydrogen-bond acceptors (Lipinski definition) is 2. The molecule has 0 radical (unpaired) electrons. The molecule has 3 nitrogen and oxygen atoms in total. The average molecular weight is 288 g/mol. The molecule has 0 unspecified atom stereocenters. The van der Waals surface area contributed by atoms with Crippen LogP contribution in [-0.2, 0) is 25.9 Å².